The van der Waals surface area contributed by atoms with Gasteiger partial charge in [-0.15, -0.1) is 0 Å². The minimum atomic E-state index is -0.410. The average Bonchev–Trinajstić information content (AvgIpc) is 3.77. The molecule has 11 heteroatoms. The second-order valence-electron chi connectivity index (χ2n) is 13.3. The van der Waals surface area contributed by atoms with Crippen molar-refractivity contribution in [3.05, 3.63) is 102 Å². The van der Waals surface area contributed by atoms with E-state index in [4.69, 9.17) is 9.84 Å². The van der Waals surface area contributed by atoms with Gasteiger partial charge in [0.15, 0.2) is 0 Å². The van der Waals surface area contributed by atoms with Crippen molar-refractivity contribution in [2.75, 3.05) is 30.3 Å². The van der Waals surface area contributed by atoms with E-state index in [-0.39, 0.29) is 30.2 Å². The molecule has 0 aliphatic carbocycles. The summed E-state index contributed by atoms with van der Waals surface area (Å²) in [5.41, 5.74) is 3.73. The van der Waals surface area contributed by atoms with Gasteiger partial charge in [0.2, 0.25) is 11.8 Å². The summed E-state index contributed by atoms with van der Waals surface area (Å²) < 4.78 is 8.02. The number of nitrogens with one attached hydrogen (secondary N) is 3. The molecule has 3 aromatic carbocycles. The van der Waals surface area contributed by atoms with Crippen LogP contribution in [0.3, 0.4) is 0 Å². The lowest BCUT2D eigenvalue weighted by molar-refractivity contribution is -0.131. The number of nitrogens with zero attached hydrogens (tertiary/aromatic N) is 4. The number of carbonyl (C=O) groups excluding carboxylic acids is 3. The zero-order valence-electron chi connectivity index (χ0n) is 28.2. The van der Waals surface area contributed by atoms with E-state index in [1.807, 2.05) is 61.5 Å². The summed E-state index contributed by atoms with van der Waals surface area (Å²) in [5, 5.41) is 15.1. The molecular formula is C38H41N7O4. The van der Waals surface area contributed by atoms with Crippen molar-refractivity contribution in [2.45, 2.75) is 52.4 Å². The standard InChI is InChI=1S/C38H41N7O4/c1-25-11-13-27(14-12-25)45-34(23-33(43-45)38(2,3)4)42-37(48)41-31-15-16-32(30-10-6-5-9-29(30)31)49-28-17-18-39-26(21-28)22-35(46)40-24-36(47)44-19-7-8-20-44/h5-6,9-18,21,23H,7-8,19-20,22,24H2,1-4H3,(H,40,46)(H2,41,42,48). The fraction of sp³-hybridized carbons (Fsp3) is 0.289. The van der Waals surface area contributed by atoms with Gasteiger partial charge in [0, 0.05) is 47.6 Å². The monoisotopic (exact) mass is 659 g/mol. The van der Waals surface area contributed by atoms with Crippen LogP contribution in [0.25, 0.3) is 16.5 Å². The Morgan fingerprint density at radius 3 is 2.35 bits per heavy atom. The number of aromatic nitrogens is 3. The molecule has 49 heavy (non-hydrogen) atoms. The highest BCUT2D eigenvalue weighted by molar-refractivity contribution is 6.07. The number of urea groups is 1. The summed E-state index contributed by atoms with van der Waals surface area (Å²) in [6, 6.07) is 24.1. The molecule has 0 bridgehead atoms. The molecule has 2 aromatic heterocycles. The molecule has 0 spiro atoms. The number of aryl methyl sites for hydroxylation is 1. The van der Waals surface area contributed by atoms with Crippen molar-refractivity contribution in [3.8, 4) is 17.2 Å². The summed E-state index contributed by atoms with van der Waals surface area (Å²) in [5.74, 6) is 1.28. The van der Waals surface area contributed by atoms with Gasteiger partial charge in [0.25, 0.3) is 0 Å². The number of pyridine rings is 1. The number of benzene rings is 3. The topological polar surface area (TPSA) is 130 Å². The normalized spacial score (nSPS) is 12.9. The van der Waals surface area contributed by atoms with Gasteiger partial charge in [-0.1, -0.05) is 62.7 Å². The molecule has 1 aliphatic heterocycles. The van der Waals surface area contributed by atoms with Crippen molar-refractivity contribution in [3.63, 3.8) is 0 Å². The first-order chi connectivity index (χ1) is 23.5. The van der Waals surface area contributed by atoms with Crippen molar-refractivity contribution >= 4 is 40.1 Å². The number of carbonyl (C=O) groups is 3. The van der Waals surface area contributed by atoms with Gasteiger partial charge in [-0.2, -0.15) is 5.10 Å². The summed E-state index contributed by atoms with van der Waals surface area (Å²) in [6.07, 6.45) is 3.60. The van der Waals surface area contributed by atoms with Gasteiger partial charge in [-0.25, -0.2) is 9.48 Å². The van der Waals surface area contributed by atoms with Crippen molar-refractivity contribution in [2.24, 2.45) is 0 Å². The van der Waals surface area contributed by atoms with E-state index in [1.54, 1.807) is 40.0 Å². The lowest BCUT2D eigenvalue weighted by atomic mass is 9.92. The first-order valence-corrected chi connectivity index (χ1v) is 16.5. The number of hydrogen-bond donors (Lipinski definition) is 3. The molecule has 0 radical (unpaired) electrons. The van der Waals surface area contributed by atoms with Crippen LogP contribution in [0.4, 0.5) is 16.3 Å². The summed E-state index contributed by atoms with van der Waals surface area (Å²) >= 11 is 0. The first kappa shape index (κ1) is 33.2. The van der Waals surface area contributed by atoms with Crippen LogP contribution in [-0.2, 0) is 21.4 Å². The number of ether oxygens (including phenoxy) is 1. The molecule has 0 unspecified atom stereocenters. The summed E-state index contributed by atoms with van der Waals surface area (Å²) in [6.45, 7) is 9.74. The SMILES string of the molecule is Cc1ccc(-n2nc(C(C)(C)C)cc2NC(=O)Nc2ccc(Oc3ccnc(CC(=O)NCC(=O)N4CCCC4)c3)c3ccccc23)cc1. The fourth-order valence-corrected chi connectivity index (χ4v) is 5.68. The van der Waals surface area contributed by atoms with E-state index in [2.05, 4.69) is 41.7 Å². The fourth-order valence-electron chi connectivity index (χ4n) is 5.68. The van der Waals surface area contributed by atoms with Gasteiger partial charge >= 0.3 is 6.03 Å². The maximum atomic E-state index is 13.4. The third-order valence-electron chi connectivity index (χ3n) is 8.38. The highest BCUT2D eigenvalue weighted by Crippen LogP contribution is 2.35. The Balaban J connectivity index is 1.15. The van der Waals surface area contributed by atoms with Crippen LogP contribution in [-0.4, -0.2) is 57.1 Å². The number of rotatable bonds is 9. The Kier molecular flexibility index (Phi) is 9.61. The minimum Gasteiger partial charge on any atom is -0.457 e. The zero-order valence-corrected chi connectivity index (χ0v) is 28.2. The highest BCUT2D eigenvalue weighted by Gasteiger charge is 2.22. The maximum Gasteiger partial charge on any atom is 0.324 e. The van der Waals surface area contributed by atoms with Crippen molar-refractivity contribution < 1.29 is 19.1 Å². The first-order valence-electron chi connectivity index (χ1n) is 16.5. The van der Waals surface area contributed by atoms with E-state index >= 15 is 0 Å². The average molecular weight is 660 g/mol. The second-order valence-corrected chi connectivity index (χ2v) is 13.3. The molecule has 5 aromatic rings. The van der Waals surface area contributed by atoms with Gasteiger partial charge in [-0.05, 0) is 50.1 Å². The predicted molar refractivity (Wildman–Crippen MR) is 190 cm³/mol. The van der Waals surface area contributed by atoms with Crippen LogP contribution in [0.1, 0.15) is 50.6 Å². The Morgan fingerprint density at radius 1 is 0.878 bits per heavy atom. The van der Waals surface area contributed by atoms with Gasteiger partial charge in [-0.3, -0.25) is 19.9 Å². The molecular weight excluding hydrogens is 618 g/mol. The molecule has 6 rings (SSSR count). The van der Waals surface area contributed by atoms with Crippen LogP contribution < -0.4 is 20.7 Å². The molecule has 3 heterocycles. The Morgan fingerprint density at radius 2 is 1.61 bits per heavy atom. The second kappa shape index (κ2) is 14.2. The van der Waals surface area contributed by atoms with Crippen LogP contribution in [0.2, 0.25) is 0 Å². The molecule has 1 saturated heterocycles. The van der Waals surface area contributed by atoms with Crippen LogP contribution >= 0.6 is 0 Å². The number of likely N-dealkylation sites (tertiary alicyclic amines) is 1. The highest BCUT2D eigenvalue weighted by atomic mass is 16.5. The molecule has 252 valence electrons. The third-order valence-corrected chi connectivity index (χ3v) is 8.38. The number of fused-ring (bicyclic) bond motifs is 1. The lowest BCUT2D eigenvalue weighted by Crippen LogP contribution is -2.39. The van der Waals surface area contributed by atoms with E-state index < -0.39 is 6.03 Å². The van der Waals surface area contributed by atoms with E-state index in [0.29, 0.717) is 28.7 Å². The number of anilines is 2. The Labute approximate surface area is 285 Å². The maximum absolute atomic E-state index is 13.4. The van der Waals surface area contributed by atoms with Gasteiger partial charge in [0.1, 0.15) is 17.3 Å². The van der Waals surface area contributed by atoms with Crippen LogP contribution in [0.5, 0.6) is 11.5 Å². The van der Waals surface area contributed by atoms with Crippen molar-refractivity contribution in [1.82, 2.24) is 25.0 Å². The molecule has 1 fully saturated rings. The van der Waals surface area contributed by atoms with Crippen molar-refractivity contribution in [1.29, 1.82) is 0 Å². The third kappa shape index (κ3) is 8.06. The molecule has 1 aliphatic rings. The van der Waals surface area contributed by atoms with Crippen LogP contribution in [0, 0.1) is 6.92 Å². The van der Waals surface area contributed by atoms with Gasteiger partial charge in [0.05, 0.1) is 35.7 Å². The Hall–Kier alpha value is -5.71. The molecule has 3 N–H and O–H groups in total. The number of hydrogen-bond acceptors (Lipinski definition) is 6. The Bertz CT molecular complexity index is 1990. The quantitative estimate of drug-likeness (QED) is 0.161. The zero-order chi connectivity index (χ0) is 34.5. The van der Waals surface area contributed by atoms with E-state index in [1.165, 1.54) is 0 Å². The largest absolute Gasteiger partial charge is 0.457 e. The molecule has 11 nitrogen and oxygen atoms in total. The van der Waals surface area contributed by atoms with Crippen LogP contribution in [0.15, 0.2) is 85.1 Å². The summed E-state index contributed by atoms with van der Waals surface area (Å²) in [4.78, 5) is 44.4. The van der Waals surface area contributed by atoms with Gasteiger partial charge < -0.3 is 20.3 Å². The number of amides is 4. The van der Waals surface area contributed by atoms with E-state index in [0.717, 1.165) is 53.6 Å². The smallest absolute Gasteiger partial charge is 0.324 e. The summed E-state index contributed by atoms with van der Waals surface area (Å²) in [7, 11) is 0. The molecule has 0 atom stereocenters. The lowest BCUT2D eigenvalue weighted by Gasteiger charge is -2.15. The molecule has 0 saturated carbocycles. The van der Waals surface area contributed by atoms with E-state index in [9.17, 15) is 14.4 Å². The minimum absolute atomic E-state index is 0.0171. The molecule has 4 amide bonds. The predicted octanol–water partition coefficient (Wildman–Crippen LogP) is 6.74.